The van der Waals surface area contributed by atoms with Gasteiger partial charge in [0.25, 0.3) is 0 Å². The average Bonchev–Trinajstić information content (AvgIpc) is 3.11. The standard InChI is InChI=1S/C18H17ClN6O2/c1-11-2-3-13(6-14(11)19)22-16(26)10-25-8-12(9-25)18-23-17(24-27-18)15-7-20-4-5-21-15/h2-7,12H,8-10H2,1H3,(H,22,26). The number of amides is 1. The summed E-state index contributed by atoms with van der Waals surface area (Å²) in [6.45, 7) is 3.59. The van der Waals surface area contributed by atoms with Crippen LogP contribution in [0.25, 0.3) is 11.5 Å². The van der Waals surface area contributed by atoms with E-state index in [9.17, 15) is 4.79 Å². The molecule has 3 aromatic rings. The first-order valence-electron chi connectivity index (χ1n) is 8.47. The Morgan fingerprint density at radius 2 is 2.22 bits per heavy atom. The predicted octanol–water partition coefficient (Wildman–Crippen LogP) is 2.53. The first kappa shape index (κ1) is 17.6. The molecule has 0 aliphatic carbocycles. The van der Waals surface area contributed by atoms with Crippen LogP contribution < -0.4 is 5.32 Å². The molecule has 138 valence electrons. The summed E-state index contributed by atoms with van der Waals surface area (Å²) >= 11 is 6.08. The van der Waals surface area contributed by atoms with Crippen LogP contribution in [0.2, 0.25) is 5.02 Å². The summed E-state index contributed by atoms with van der Waals surface area (Å²) < 4.78 is 5.33. The Labute approximate surface area is 160 Å². The van der Waals surface area contributed by atoms with Crippen LogP contribution in [0.3, 0.4) is 0 Å². The molecule has 0 radical (unpaired) electrons. The van der Waals surface area contributed by atoms with Crippen molar-refractivity contribution in [3.05, 3.63) is 53.3 Å². The van der Waals surface area contributed by atoms with Crippen molar-refractivity contribution in [2.75, 3.05) is 25.0 Å². The van der Waals surface area contributed by atoms with Crippen molar-refractivity contribution >= 4 is 23.2 Å². The number of halogens is 1. The number of anilines is 1. The number of nitrogens with one attached hydrogen (secondary N) is 1. The predicted molar refractivity (Wildman–Crippen MR) is 99.3 cm³/mol. The van der Waals surface area contributed by atoms with Gasteiger partial charge < -0.3 is 9.84 Å². The monoisotopic (exact) mass is 384 g/mol. The average molecular weight is 385 g/mol. The zero-order chi connectivity index (χ0) is 18.8. The molecular weight excluding hydrogens is 368 g/mol. The molecule has 0 saturated carbocycles. The molecule has 1 saturated heterocycles. The van der Waals surface area contributed by atoms with Gasteiger partial charge in [-0.05, 0) is 24.6 Å². The number of nitrogens with zero attached hydrogens (tertiary/aromatic N) is 5. The minimum atomic E-state index is -0.0841. The summed E-state index contributed by atoms with van der Waals surface area (Å²) in [5.74, 6) is 1.01. The van der Waals surface area contributed by atoms with Gasteiger partial charge in [-0.15, -0.1) is 0 Å². The summed E-state index contributed by atoms with van der Waals surface area (Å²) in [6.07, 6.45) is 4.75. The second-order valence-corrected chi connectivity index (χ2v) is 6.86. The lowest BCUT2D eigenvalue weighted by Crippen LogP contribution is -2.48. The quantitative estimate of drug-likeness (QED) is 0.721. The molecule has 8 nitrogen and oxygen atoms in total. The van der Waals surface area contributed by atoms with Gasteiger partial charge in [-0.3, -0.25) is 14.7 Å². The van der Waals surface area contributed by atoms with Crippen LogP contribution >= 0.6 is 11.6 Å². The molecular formula is C18H17ClN6O2. The molecule has 2 aromatic heterocycles. The molecule has 0 atom stereocenters. The van der Waals surface area contributed by atoms with Crippen LogP contribution in [0.15, 0.2) is 41.3 Å². The maximum atomic E-state index is 12.2. The van der Waals surface area contributed by atoms with Crippen LogP contribution in [0.1, 0.15) is 17.4 Å². The smallest absolute Gasteiger partial charge is 0.238 e. The molecule has 3 heterocycles. The Bertz CT molecular complexity index is 955. The van der Waals surface area contributed by atoms with E-state index in [-0.39, 0.29) is 11.8 Å². The minimum absolute atomic E-state index is 0.0841. The Balaban J connectivity index is 1.29. The van der Waals surface area contributed by atoms with Gasteiger partial charge in [0, 0.05) is 36.2 Å². The number of hydrogen-bond acceptors (Lipinski definition) is 7. The van der Waals surface area contributed by atoms with Gasteiger partial charge in [-0.2, -0.15) is 4.98 Å². The fraction of sp³-hybridized carbons (Fsp3) is 0.278. The molecule has 0 unspecified atom stereocenters. The molecule has 4 rings (SSSR count). The normalized spacial score (nSPS) is 14.7. The number of carbonyl (C=O) groups excluding carboxylic acids is 1. The number of aromatic nitrogens is 4. The highest BCUT2D eigenvalue weighted by Crippen LogP contribution is 2.27. The zero-order valence-corrected chi connectivity index (χ0v) is 15.3. The maximum Gasteiger partial charge on any atom is 0.238 e. The molecule has 0 bridgehead atoms. The number of likely N-dealkylation sites (tertiary alicyclic amines) is 1. The zero-order valence-electron chi connectivity index (χ0n) is 14.6. The van der Waals surface area contributed by atoms with E-state index in [4.69, 9.17) is 16.1 Å². The lowest BCUT2D eigenvalue weighted by Gasteiger charge is -2.36. The highest BCUT2D eigenvalue weighted by atomic mass is 35.5. The van der Waals surface area contributed by atoms with E-state index in [1.165, 1.54) is 0 Å². The minimum Gasteiger partial charge on any atom is -0.339 e. The van der Waals surface area contributed by atoms with E-state index in [0.29, 0.717) is 47.8 Å². The van der Waals surface area contributed by atoms with Crippen LogP contribution in [0.4, 0.5) is 5.69 Å². The van der Waals surface area contributed by atoms with Crippen molar-refractivity contribution in [1.29, 1.82) is 0 Å². The van der Waals surface area contributed by atoms with Gasteiger partial charge in [-0.25, -0.2) is 4.98 Å². The largest absolute Gasteiger partial charge is 0.339 e. The van der Waals surface area contributed by atoms with Crippen molar-refractivity contribution in [2.45, 2.75) is 12.8 Å². The van der Waals surface area contributed by atoms with Gasteiger partial charge in [0.1, 0.15) is 5.69 Å². The van der Waals surface area contributed by atoms with E-state index in [1.807, 2.05) is 24.0 Å². The third-order valence-corrected chi connectivity index (χ3v) is 4.77. The van der Waals surface area contributed by atoms with E-state index >= 15 is 0 Å². The van der Waals surface area contributed by atoms with Crippen molar-refractivity contribution in [3.63, 3.8) is 0 Å². The van der Waals surface area contributed by atoms with Gasteiger partial charge in [0.2, 0.25) is 17.6 Å². The molecule has 9 heteroatoms. The molecule has 1 amide bonds. The summed E-state index contributed by atoms with van der Waals surface area (Å²) in [4.78, 5) is 26.7. The number of aryl methyl sites for hydroxylation is 1. The van der Waals surface area contributed by atoms with Gasteiger partial charge in [0.15, 0.2) is 0 Å². The Kier molecular flexibility index (Phi) is 4.83. The Morgan fingerprint density at radius 3 is 2.96 bits per heavy atom. The van der Waals surface area contributed by atoms with Crippen molar-refractivity contribution in [1.82, 2.24) is 25.0 Å². The van der Waals surface area contributed by atoms with Crippen LogP contribution in [-0.4, -0.2) is 50.5 Å². The van der Waals surface area contributed by atoms with Gasteiger partial charge in [-0.1, -0.05) is 22.8 Å². The number of hydrogen-bond donors (Lipinski definition) is 1. The van der Waals surface area contributed by atoms with Crippen molar-refractivity contribution in [3.8, 4) is 11.5 Å². The number of carbonyl (C=O) groups is 1. The molecule has 1 aliphatic heterocycles. The highest BCUT2D eigenvalue weighted by Gasteiger charge is 2.33. The lowest BCUT2D eigenvalue weighted by atomic mass is 10.0. The summed E-state index contributed by atoms with van der Waals surface area (Å²) in [5.41, 5.74) is 2.23. The molecule has 27 heavy (non-hydrogen) atoms. The van der Waals surface area contributed by atoms with Crippen LogP contribution in [-0.2, 0) is 4.79 Å². The summed E-state index contributed by atoms with van der Waals surface area (Å²) in [6, 6.07) is 5.46. The molecule has 1 aliphatic rings. The fourth-order valence-electron chi connectivity index (χ4n) is 2.85. The third kappa shape index (κ3) is 3.96. The lowest BCUT2D eigenvalue weighted by molar-refractivity contribution is -0.118. The van der Waals surface area contributed by atoms with Crippen LogP contribution in [0.5, 0.6) is 0 Å². The van der Waals surface area contributed by atoms with E-state index in [1.54, 1.807) is 24.7 Å². The fourth-order valence-corrected chi connectivity index (χ4v) is 3.03. The Morgan fingerprint density at radius 1 is 1.37 bits per heavy atom. The topological polar surface area (TPSA) is 97.0 Å². The van der Waals surface area contributed by atoms with E-state index < -0.39 is 0 Å². The van der Waals surface area contributed by atoms with E-state index in [0.717, 1.165) is 5.56 Å². The molecule has 1 aromatic carbocycles. The maximum absolute atomic E-state index is 12.2. The molecule has 1 N–H and O–H groups in total. The van der Waals surface area contributed by atoms with Gasteiger partial charge in [0.05, 0.1) is 18.7 Å². The third-order valence-electron chi connectivity index (χ3n) is 4.36. The van der Waals surface area contributed by atoms with Crippen molar-refractivity contribution < 1.29 is 9.32 Å². The number of rotatable bonds is 5. The second kappa shape index (κ2) is 7.42. The number of benzene rings is 1. The SMILES string of the molecule is Cc1ccc(NC(=O)CN2CC(c3nc(-c4cnccn4)no3)C2)cc1Cl. The first-order chi connectivity index (χ1) is 13.1. The molecule has 1 fully saturated rings. The van der Waals surface area contributed by atoms with E-state index in [2.05, 4.69) is 25.4 Å². The van der Waals surface area contributed by atoms with Crippen molar-refractivity contribution in [2.24, 2.45) is 0 Å². The molecule has 0 spiro atoms. The highest BCUT2D eigenvalue weighted by molar-refractivity contribution is 6.31. The van der Waals surface area contributed by atoms with Crippen LogP contribution in [0, 0.1) is 6.92 Å². The summed E-state index contributed by atoms with van der Waals surface area (Å²) in [5, 5.41) is 7.44. The first-order valence-corrected chi connectivity index (χ1v) is 8.84. The Hall–Kier alpha value is -2.84. The van der Waals surface area contributed by atoms with Gasteiger partial charge >= 0.3 is 0 Å². The second-order valence-electron chi connectivity index (χ2n) is 6.45. The summed E-state index contributed by atoms with van der Waals surface area (Å²) in [7, 11) is 0.